The summed E-state index contributed by atoms with van der Waals surface area (Å²) < 4.78 is 11.6. The van der Waals surface area contributed by atoms with Gasteiger partial charge in [0, 0.05) is 23.4 Å². The van der Waals surface area contributed by atoms with E-state index in [0.29, 0.717) is 33.1 Å². The molecule has 0 unspecified atom stereocenters. The fourth-order valence-electron chi connectivity index (χ4n) is 3.45. The average Bonchev–Trinajstić information content (AvgIpc) is 2.86. The molecule has 0 saturated heterocycles. The highest BCUT2D eigenvalue weighted by Crippen LogP contribution is 2.31. The van der Waals surface area contributed by atoms with Crippen molar-refractivity contribution in [2.24, 2.45) is 0 Å². The first kappa shape index (κ1) is 23.0. The van der Waals surface area contributed by atoms with E-state index >= 15 is 0 Å². The molecule has 4 aromatic rings. The van der Waals surface area contributed by atoms with E-state index in [4.69, 9.17) is 9.47 Å². The second kappa shape index (κ2) is 9.75. The summed E-state index contributed by atoms with van der Waals surface area (Å²) in [5.41, 5.74) is 1.45. The number of carbonyl (C=O) groups is 1. The van der Waals surface area contributed by atoms with Crippen molar-refractivity contribution < 1.29 is 19.2 Å². The summed E-state index contributed by atoms with van der Waals surface area (Å²) >= 11 is 1.23. The van der Waals surface area contributed by atoms with Gasteiger partial charge >= 0.3 is 5.97 Å². The second-order valence-corrected chi connectivity index (χ2v) is 8.08. The zero-order chi connectivity index (χ0) is 24.2. The summed E-state index contributed by atoms with van der Waals surface area (Å²) in [6, 6.07) is 18.0. The fraction of sp³-hybridized carbons (Fsp3) is 0.125. The Morgan fingerprint density at radius 2 is 1.85 bits per heavy atom. The number of ether oxygens (including phenoxy) is 2. The van der Waals surface area contributed by atoms with Crippen LogP contribution in [0.4, 0.5) is 5.69 Å². The third kappa shape index (κ3) is 4.48. The number of fused-ring (bicyclic) bond motifs is 1. The van der Waals surface area contributed by atoms with E-state index in [0.717, 1.165) is 0 Å². The number of esters is 1. The summed E-state index contributed by atoms with van der Waals surface area (Å²) in [7, 11) is 2.76. The molecule has 172 valence electrons. The van der Waals surface area contributed by atoms with Crippen molar-refractivity contribution in [3.05, 3.63) is 98.3 Å². The van der Waals surface area contributed by atoms with Crippen LogP contribution in [0.2, 0.25) is 0 Å². The van der Waals surface area contributed by atoms with Gasteiger partial charge in [-0.3, -0.25) is 19.5 Å². The minimum Gasteiger partial charge on any atom is -0.496 e. The zero-order valence-corrected chi connectivity index (χ0v) is 19.1. The van der Waals surface area contributed by atoms with E-state index in [-0.39, 0.29) is 22.6 Å². The molecule has 3 aromatic carbocycles. The van der Waals surface area contributed by atoms with E-state index in [1.54, 1.807) is 18.2 Å². The van der Waals surface area contributed by atoms with E-state index < -0.39 is 10.9 Å². The van der Waals surface area contributed by atoms with Crippen LogP contribution in [0, 0.1) is 10.1 Å². The highest BCUT2D eigenvalue weighted by Gasteiger charge is 2.17. The van der Waals surface area contributed by atoms with Gasteiger partial charge in [-0.15, -0.1) is 0 Å². The standard InChI is InChI=1S/C24H19N3O6S/c1-32-21-11-9-18(27(30)31)12-16(21)14-34-24-25-20-13-15(23(29)33-2)8-10-19(20)22(28)26(24)17-6-4-3-5-7-17/h3-13H,14H2,1-2H3. The van der Waals surface area contributed by atoms with Crippen molar-refractivity contribution in [1.29, 1.82) is 0 Å². The van der Waals surface area contributed by atoms with Gasteiger partial charge in [0.25, 0.3) is 11.2 Å². The van der Waals surface area contributed by atoms with Crippen molar-refractivity contribution in [2.45, 2.75) is 10.9 Å². The summed E-state index contributed by atoms with van der Waals surface area (Å²) in [5, 5.41) is 11.9. The van der Waals surface area contributed by atoms with Gasteiger partial charge in [0.1, 0.15) is 5.75 Å². The van der Waals surface area contributed by atoms with E-state index in [1.807, 2.05) is 18.2 Å². The number of non-ortho nitro benzene ring substituents is 1. The largest absolute Gasteiger partial charge is 0.496 e. The molecule has 9 nitrogen and oxygen atoms in total. The van der Waals surface area contributed by atoms with Crippen molar-refractivity contribution in [2.75, 3.05) is 14.2 Å². The maximum Gasteiger partial charge on any atom is 0.337 e. The highest BCUT2D eigenvalue weighted by atomic mass is 32.2. The molecule has 4 rings (SSSR count). The second-order valence-electron chi connectivity index (χ2n) is 7.14. The van der Waals surface area contributed by atoms with Crippen molar-refractivity contribution in [3.63, 3.8) is 0 Å². The first-order valence-electron chi connectivity index (χ1n) is 10.1. The Morgan fingerprint density at radius 1 is 1.09 bits per heavy atom. The minimum absolute atomic E-state index is 0.0639. The molecule has 0 aliphatic heterocycles. The molecular formula is C24H19N3O6S. The van der Waals surface area contributed by atoms with Crippen LogP contribution in [0.1, 0.15) is 15.9 Å². The van der Waals surface area contributed by atoms with E-state index in [1.165, 1.54) is 60.9 Å². The zero-order valence-electron chi connectivity index (χ0n) is 18.3. The third-order valence-corrected chi connectivity index (χ3v) is 6.09. The molecule has 34 heavy (non-hydrogen) atoms. The average molecular weight is 477 g/mol. The summed E-state index contributed by atoms with van der Waals surface area (Å²) in [4.78, 5) is 40.9. The summed E-state index contributed by atoms with van der Waals surface area (Å²) in [6.45, 7) is 0. The number of hydrogen-bond acceptors (Lipinski definition) is 8. The Labute approximate surface area is 198 Å². The summed E-state index contributed by atoms with van der Waals surface area (Å²) in [5.74, 6) is 0.207. The van der Waals surface area contributed by atoms with Gasteiger partial charge < -0.3 is 9.47 Å². The normalized spacial score (nSPS) is 10.8. The van der Waals surface area contributed by atoms with Gasteiger partial charge in [0.2, 0.25) is 0 Å². The van der Waals surface area contributed by atoms with Gasteiger partial charge in [-0.2, -0.15) is 0 Å². The number of nitro groups is 1. The van der Waals surface area contributed by atoms with Gasteiger partial charge in [-0.1, -0.05) is 30.0 Å². The van der Waals surface area contributed by atoms with Crippen molar-refractivity contribution in [1.82, 2.24) is 9.55 Å². The first-order valence-corrected chi connectivity index (χ1v) is 11.1. The molecule has 0 spiro atoms. The summed E-state index contributed by atoms with van der Waals surface area (Å²) in [6.07, 6.45) is 0. The maximum atomic E-state index is 13.5. The molecule has 0 aliphatic carbocycles. The molecule has 0 radical (unpaired) electrons. The predicted molar refractivity (Wildman–Crippen MR) is 128 cm³/mol. The first-order chi connectivity index (χ1) is 16.4. The lowest BCUT2D eigenvalue weighted by atomic mass is 10.1. The number of para-hydroxylation sites is 1. The maximum absolute atomic E-state index is 13.5. The molecule has 0 aliphatic rings. The van der Waals surface area contributed by atoms with Crippen LogP contribution in [0.15, 0.2) is 76.7 Å². The molecule has 0 fully saturated rings. The molecule has 0 amide bonds. The van der Waals surface area contributed by atoms with Crippen molar-refractivity contribution >= 4 is 34.3 Å². The quantitative estimate of drug-likeness (QED) is 0.127. The molecule has 1 heterocycles. The third-order valence-electron chi connectivity index (χ3n) is 5.11. The Balaban J connectivity index is 1.85. The number of nitrogens with zero attached hydrogens (tertiary/aromatic N) is 3. The Kier molecular flexibility index (Phi) is 6.60. The molecule has 0 saturated carbocycles. The minimum atomic E-state index is -0.536. The molecule has 1 aromatic heterocycles. The monoisotopic (exact) mass is 477 g/mol. The Morgan fingerprint density at radius 3 is 2.53 bits per heavy atom. The van der Waals surface area contributed by atoms with Crippen LogP contribution >= 0.6 is 11.8 Å². The number of hydrogen-bond donors (Lipinski definition) is 0. The predicted octanol–water partition coefficient (Wildman–Crippen LogP) is 4.38. The number of methoxy groups -OCH3 is 2. The number of benzene rings is 3. The molecular weight excluding hydrogens is 458 g/mol. The molecule has 0 bridgehead atoms. The number of thioether (sulfide) groups is 1. The fourth-order valence-corrected chi connectivity index (χ4v) is 4.44. The van der Waals surface area contributed by atoms with Gasteiger partial charge in [0.05, 0.1) is 41.3 Å². The number of aromatic nitrogens is 2. The van der Waals surface area contributed by atoms with Gasteiger partial charge in [0.15, 0.2) is 5.16 Å². The lowest BCUT2D eigenvalue weighted by Crippen LogP contribution is -2.22. The van der Waals surface area contributed by atoms with Crippen molar-refractivity contribution in [3.8, 4) is 11.4 Å². The van der Waals surface area contributed by atoms with Crippen LogP contribution in [-0.4, -0.2) is 34.7 Å². The van der Waals surface area contributed by atoms with Gasteiger partial charge in [-0.05, 0) is 36.4 Å². The number of carbonyl (C=O) groups excluding carboxylic acids is 1. The SMILES string of the molecule is COC(=O)c1ccc2c(=O)n(-c3ccccc3)c(SCc3cc([N+](=O)[O-])ccc3OC)nc2c1. The van der Waals surface area contributed by atoms with Crippen LogP contribution < -0.4 is 10.3 Å². The van der Waals surface area contributed by atoms with E-state index in [2.05, 4.69) is 4.98 Å². The topological polar surface area (TPSA) is 114 Å². The molecule has 0 N–H and O–H groups in total. The highest BCUT2D eigenvalue weighted by molar-refractivity contribution is 7.98. The number of rotatable bonds is 7. The Hall–Kier alpha value is -4.18. The van der Waals surface area contributed by atoms with Crippen LogP contribution in [0.25, 0.3) is 16.6 Å². The van der Waals surface area contributed by atoms with Crippen LogP contribution in [0.5, 0.6) is 5.75 Å². The lowest BCUT2D eigenvalue weighted by Gasteiger charge is -2.14. The smallest absolute Gasteiger partial charge is 0.337 e. The number of nitro benzene ring substituents is 1. The van der Waals surface area contributed by atoms with Crippen LogP contribution in [0.3, 0.4) is 0 Å². The van der Waals surface area contributed by atoms with Crippen LogP contribution in [-0.2, 0) is 10.5 Å². The van der Waals surface area contributed by atoms with E-state index in [9.17, 15) is 19.7 Å². The molecule has 0 atom stereocenters. The Bertz CT molecular complexity index is 1450. The molecule has 10 heteroatoms. The van der Waals surface area contributed by atoms with Gasteiger partial charge in [-0.25, -0.2) is 9.78 Å². The lowest BCUT2D eigenvalue weighted by molar-refractivity contribution is -0.384.